The zero-order valence-corrected chi connectivity index (χ0v) is 10.4. The molecule has 0 saturated heterocycles. The van der Waals surface area contributed by atoms with Gasteiger partial charge in [0, 0.05) is 0 Å². The summed E-state index contributed by atoms with van der Waals surface area (Å²) in [5.74, 6) is -2.52. The first-order valence-electron chi connectivity index (χ1n) is 5.77. The fourth-order valence-electron chi connectivity index (χ4n) is 1.55. The van der Waals surface area contributed by atoms with E-state index in [0.29, 0.717) is 0 Å². The highest BCUT2D eigenvalue weighted by Gasteiger charge is 2.27. The monoisotopic (exact) mass is 272 g/mol. The summed E-state index contributed by atoms with van der Waals surface area (Å²) in [5, 5.41) is 19.7. The van der Waals surface area contributed by atoms with Gasteiger partial charge in [-0.25, -0.2) is 0 Å². The van der Waals surface area contributed by atoms with Gasteiger partial charge in [-0.3, -0.25) is 20.0 Å². The number of rotatable bonds is 2. The van der Waals surface area contributed by atoms with Gasteiger partial charge in [0.05, 0.1) is 11.4 Å². The maximum atomic E-state index is 11.8. The number of amides is 2. The van der Waals surface area contributed by atoms with Gasteiger partial charge in [0.2, 0.25) is 0 Å². The molecule has 2 aromatic carbocycles. The van der Waals surface area contributed by atoms with Gasteiger partial charge in [-0.1, -0.05) is 36.4 Å². The Morgan fingerprint density at radius 2 is 0.950 bits per heavy atom. The minimum Gasteiger partial charge on any atom is -0.281 e. The molecule has 0 bridgehead atoms. The molecular weight excluding hydrogens is 260 g/mol. The molecule has 0 saturated carbocycles. The van der Waals surface area contributed by atoms with Crippen LogP contribution in [0.4, 0.5) is 11.4 Å². The van der Waals surface area contributed by atoms with Gasteiger partial charge in [-0.05, 0) is 24.3 Å². The second-order valence-corrected chi connectivity index (χ2v) is 3.91. The largest absolute Gasteiger partial charge is 0.342 e. The number of carbonyl (C=O) groups excluding carboxylic acids is 2. The Bertz CT molecular complexity index is 546. The number of anilines is 2. The van der Waals surface area contributed by atoms with Gasteiger partial charge < -0.3 is 0 Å². The molecule has 6 heteroatoms. The predicted octanol–water partition coefficient (Wildman–Crippen LogP) is 1.83. The summed E-state index contributed by atoms with van der Waals surface area (Å²) >= 11 is 0. The van der Waals surface area contributed by atoms with Crippen LogP contribution in [0.1, 0.15) is 0 Å². The summed E-state index contributed by atoms with van der Waals surface area (Å²) in [6, 6.07) is 15.6. The first-order chi connectivity index (χ1) is 9.61. The highest BCUT2D eigenvalue weighted by Crippen LogP contribution is 2.14. The minimum atomic E-state index is -1.26. The highest BCUT2D eigenvalue weighted by molar-refractivity contribution is 6.43. The van der Waals surface area contributed by atoms with Crippen molar-refractivity contribution < 1.29 is 20.0 Å². The van der Waals surface area contributed by atoms with Gasteiger partial charge in [0.25, 0.3) is 0 Å². The quantitative estimate of drug-likeness (QED) is 0.496. The molecule has 0 aliphatic carbocycles. The van der Waals surface area contributed by atoms with Gasteiger partial charge >= 0.3 is 11.8 Å². The fourth-order valence-corrected chi connectivity index (χ4v) is 1.55. The van der Waals surface area contributed by atoms with E-state index in [1.165, 1.54) is 24.3 Å². The number of carbonyl (C=O) groups is 2. The van der Waals surface area contributed by atoms with Gasteiger partial charge in [-0.2, -0.15) is 10.1 Å². The third-order valence-corrected chi connectivity index (χ3v) is 2.57. The molecule has 0 aliphatic rings. The smallest absolute Gasteiger partial charge is 0.281 e. The van der Waals surface area contributed by atoms with Crippen molar-refractivity contribution in [1.82, 2.24) is 0 Å². The summed E-state index contributed by atoms with van der Waals surface area (Å²) in [7, 11) is 0. The van der Waals surface area contributed by atoms with Crippen molar-refractivity contribution in [2.24, 2.45) is 0 Å². The van der Waals surface area contributed by atoms with Crippen LogP contribution < -0.4 is 10.1 Å². The average Bonchev–Trinajstić information content (AvgIpc) is 2.53. The first-order valence-corrected chi connectivity index (χ1v) is 5.77. The lowest BCUT2D eigenvalue weighted by molar-refractivity contribution is -0.142. The molecule has 20 heavy (non-hydrogen) atoms. The Balaban J connectivity index is 2.15. The van der Waals surface area contributed by atoms with Crippen LogP contribution >= 0.6 is 0 Å². The zero-order chi connectivity index (χ0) is 14.5. The molecule has 0 fully saturated rings. The lowest BCUT2D eigenvalue weighted by atomic mass is 10.3. The number of hydrogen-bond donors (Lipinski definition) is 2. The lowest BCUT2D eigenvalue weighted by Crippen LogP contribution is -2.43. The Kier molecular flexibility index (Phi) is 4.09. The van der Waals surface area contributed by atoms with E-state index >= 15 is 0 Å². The van der Waals surface area contributed by atoms with E-state index in [9.17, 15) is 20.0 Å². The molecule has 0 heterocycles. The van der Waals surface area contributed by atoms with E-state index < -0.39 is 11.8 Å². The van der Waals surface area contributed by atoms with Crippen molar-refractivity contribution in [3.8, 4) is 0 Å². The number of para-hydroxylation sites is 2. The van der Waals surface area contributed by atoms with Crippen molar-refractivity contribution >= 4 is 23.2 Å². The third-order valence-electron chi connectivity index (χ3n) is 2.57. The molecule has 0 unspecified atom stereocenters. The average molecular weight is 272 g/mol. The maximum absolute atomic E-state index is 11.8. The minimum absolute atomic E-state index is 0.132. The molecule has 2 amide bonds. The van der Waals surface area contributed by atoms with Crippen LogP contribution in [0, 0.1) is 0 Å². The summed E-state index contributed by atoms with van der Waals surface area (Å²) < 4.78 is 0. The number of benzene rings is 2. The first kappa shape index (κ1) is 13.7. The van der Waals surface area contributed by atoms with Crippen LogP contribution in [0.5, 0.6) is 0 Å². The second kappa shape index (κ2) is 5.96. The van der Waals surface area contributed by atoms with Crippen molar-refractivity contribution in [1.29, 1.82) is 0 Å². The Morgan fingerprint density at radius 3 is 1.25 bits per heavy atom. The SMILES string of the molecule is O=C(C(=O)N(O)c1ccccc1)N(O)c1ccccc1. The molecule has 0 atom stereocenters. The van der Waals surface area contributed by atoms with Crippen LogP contribution in [-0.4, -0.2) is 22.2 Å². The molecule has 0 radical (unpaired) electrons. The van der Waals surface area contributed by atoms with Gasteiger partial charge in [-0.15, -0.1) is 0 Å². The summed E-state index contributed by atoms with van der Waals surface area (Å²) in [4.78, 5) is 23.6. The third kappa shape index (κ3) is 2.82. The predicted molar refractivity (Wildman–Crippen MR) is 71.4 cm³/mol. The highest BCUT2D eigenvalue weighted by atomic mass is 16.5. The molecule has 0 aliphatic heterocycles. The van der Waals surface area contributed by atoms with Gasteiger partial charge in [0.1, 0.15) is 0 Å². The maximum Gasteiger partial charge on any atom is 0.342 e. The summed E-state index contributed by atoms with van der Waals surface area (Å²) in [6.45, 7) is 0. The van der Waals surface area contributed by atoms with Crippen LogP contribution in [0.25, 0.3) is 0 Å². The summed E-state index contributed by atoms with van der Waals surface area (Å²) in [5.41, 5.74) is 0.264. The van der Waals surface area contributed by atoms with E-state index in [-0.39, 0.29) is 21.5 Å². The van der Waals surface area contributed by atoms with Crippen LogP contribution in [0.2, 0.25) is 0 Å². The standard InChI is InChI=1S/C14H12N2O4/c17-13(15(19)11-7-3-1-4-8-11)14(18)16(20)12-9-5-2-6-10-12/h1-10,19-20H. The Labute approximate surface area is 115 Å². The van der Waals surface area contributed by atoms with E-state index in [0.717, 1.165) is 0 Å². The Hall–Kier alpha value is -2.70. The van der Waals surface area contributed by atoms with E-state index in [4.69, 9.17) is 0 Å². The molecule has 0 spiro atoms. The number of nitrogens with zero attached hydrogens (tertiary/aromatic N) is 2. The molecule has 2 rings (SSSR count). The molecule has 2 N–H and O–H groups in total. The molecule has 0 aromatic heterocycles. The van der Waals surface area contributed by atoms with Gasteiger partial charge in [0.15, 0.2) is 0 Å². The summed E-state index contributed by atoms with van der Waals surface area (Å²) in [6.07, 6.45) is 0. The zero-order valence-electron chi connectivity index (χ0n) is 10.4. The normalized spacial score (nSPS) is 9.90. The second-order valence-electron chi connectivity index (χ2n) is 3.91. The van der Waals surface area contributed by atoms with Crippen molar-refractivity contribution in [3.63, 3.8) is 0 Å². The van der Waals surface area contributed by atoms with Crippen LogP contribution in [-0.2, 0) is 9.59 Å². The topological polar surface area (TPSA) is 81.1 Å². The van der Waals surface area contributed by atoms with Crippen molar-refractivity contribution in [2.45, 2.75) is 0 Å². The van der Waals surface area contributed by atoms with E-state index in [2.05, 4.69) is 0 Å². The van der Waals surface area contributed by atoms with E-state index in [1.807, 2.05) is 0 Å². The molecule has 102 valence electrons. The molecular formula is C14H12N2O4. The van der Waals surface area contributed by atoms with E-state index in [1.54, 1.807) is 36.4 Å². The number of hydroxylamine groups is 2. The van der Waals surface area contributed by atoms with Crippen molar-refractivity contribution in [2.75, 3.05) is 10.1 Å². The van der Waals surface area contributed by atoms with Crippen LogP contribution in [0.15, 0.2) is 60.7 Å². The fraction of sp³-hybridized carbons (Fsp3) is 0. The Morgan fingerprint density at radius 1 is 0.650 bits per heavy atom. The number of hydrogen-bond acceptors (Lipinski definition) is 4. The lowest BCUT2D eigenvalue weighted by Gasteiger charge is -2.18. The van der Waals surface area contributed by atoms with Crippen LogP contribution in [0.3, 0.4) is 0 Å². The molecule has 6 nitrogen and oxygen atoms in total. The molecule has 2 aromatic rings. The van der Waals surface area contributed by atoms with Crippen molar-refractivity contribution in [3.05, 3.63) is 60.7 Å².